The number of carbonyl (C=O) groups excluding carboxylic acids is 2. The van der Waals surface area contributed by atoms with E-state index in [-0.39, 0.29) is 29.4 Å². The molecule has 1 saturated heterocycles. The minimum atomic E-state index is -0.565. The van der Waals surface area contributed by atoms with E-state index in [1.165, 1.54) is 0 Å². The SMILES string of the molecule is Cc1cc(C(=O)N2CCCN(C(=O)OC(C)(C)C)CC2)ccc1-c1cnc(N)c(-c2nnc(-c3ccccc3)o2)n1. The topological polar surface area (TPSA) is 141 Å². The molecule has 2 aromatic carbocycles. The van der Waals surface area contributed by atoms with Crippen LogP contribution in [0.2, 0.25) is 0 Å². The Morgan fingerprint density at radius 1 is 0.951 bits per heavy atom. The number of nitrogens with zero attached hydrogens (tertiary/aromatic N) is 6. The van der Waals surface area contributed by atoms with Gasteiger partial charge < -0.3 is 24.7 Å². The lowest BCUT2D eigenvalue weighted by molar-refractivity contribution is 0.0255. The molecule has 1 fully saturated rings. The maximum Gasteiger partial charge on any atom is 0.410 e. The number of aryl methyl sites for hydroxylation is 1. The number of aromatic nitrogens is 4. The maximum atomic E-state index is 13.4. The predicted octanol–water partition coefficient (Wildman–Crippen LogP) is 4.83. The highest BCUT2D eigenvalue weighted by atomic mass is 16.6. The van der Waals surface area contributed by atoms with Gasteiger partial charge in [0.1, 0.15) is 5.60 Å². The van der Waals surface area contributed by atoms with Crippen molar-refractivity contribution in [2.24, 2.45) is 0 Å². The van der Waals surface area contributed by atoms with Crippen LogP contribution in [0.4, 0.5) is 10.6 Å². The molecule has 1 aliphatic rings. The van der Waals surface area contributed by atoms with E-state index in [0.29, 0.717) is 49.7 Å². The fourth-order valence-electron chi connectivity index (χ4n) is 4.60. The molecule has 3 heterocycles. The fourth-order valence-corrected chi connectivity index (χ4v) is 4.60. The first kappa shape index (κ1) is 27.8. The van der Waals surface area contributed by atoms with E-state index in [9.17, 15) is 9.59 Å². The quantitative estimate of drug-likeness (QED) is 0.375. The van der Waals surface area contributed by atoms with Gasteiger partial charge in [0.05, 0.1) is 11.9 Å². The monoisotopic (exact) mass is 555 g/mol. The van der Waals surface area contributed by atoms with Crippen molar-refractivity contribution in [2.75, 3.05) is 31.9 Å². The van der Waals surface area contributed by atoms with Crippen LogP contribution in [0.5, 0.6) is 0 Å². The fraction of sp³-hybridized carbons (Fsp3) is 0.333. The van der Waals surface area contributed by atoms with Crippen LogP contribution in [-0.4, -0.2) is 73.7 Å². The summed E-state index contributed by atoms with van der Waals surface area (Å²) in [6, 6.07) is 14.9. The first-order valence-electron chi connectivity index (χ1n) is 13.5. The van der Waals surface area contributed by atoms with E-state index in [1.807, 2.05) is 70.2 Å². The molecule has 11 nitrogen and oxygen atoms in total. The van der Waals surface area contributed by atoms with Crippen LogP contribution in [0.1, 0.15) is 43.1 Å². The molecule has 1 aliphatic heterocycles. The number of nitrogens with two attached hydrogens (primary N) is 1. The first-order chi connectivity index (χ1) is 19.6. The molecule has 212 valence electrons. The van der Waals surface area contributed by atoms with Crippen molar-refractivity contribution in [2.45, 2.75) is 39.7 Å². The first-order valence-corrected chi connectivity index (χ1v) is 13.5. The van der Waals surface area contributed by atoms with Crippen LogP contribution in [0.15, 0.2) is 59.1 Å². The highest BCUT2D eigenvalue weighted by Gasteiger charge is 2.27. The Balaban J connectivity index is 1.32. The molecule has 0 unspecified atom stereocenters. The van der Waals surface area contributed by atoms with Gasteiger partial charge in [-0.25, -0.2) is 14.8 Å². The lowest BCUT2D eigenvalue weighted by atomic mass is 10.0. The summed E-state index contributed by atoms with van der Waals surface area (Å²) >= 11 is 0. The molecule has 0 aliphatic carbocycles. The molecule has 0 bridgehead atoms. The predicted molar refractivity (Wildman–Crippen MR) is 154 cm³/mol. The minimum absolute atomic E-state index is 0.0888. The van der Waals surface area contributed by atoms with Gasteiger partial charge in [-0.3, -0.25) is 4.79 Å². The number of carbonyl (C=O) groups is 2. The zero-order chi connectivity index (χ0) is 29.1. The van der Waals surface area contributed by atoms with Gasteiger partial charge in [0.15, 0.2) is 11.5 Å². The number of ether oxygens (including phenoxy) is 1. The molecular weight excluding hydrogens is 522 g/mol. The van der Waals surface area contributed by atoms with Gasteiger partial charge >= 0.3 is 6.09 Å². The largest absolute Gasteiger partial charge is 0.444 e. The second-order valence-electron chi connectivity index (χ2n) is 10.9. The summed E-state index contributed by atoms with van der Waals surface area (Å²) in [7, 11) is 0. The Kier molecular flexibility index (Phi) is 7.69. The van der Waals surface area contributed by atoms with Crippen LogP contribution < -0.4 is 5.73 Å². The minimum Gasteiger partial charge on any atom is -0.444 e. The molecule has 2 amide bonds. The lowest BCUT2D eigenvalue weighted by Gasteiger charge is -2.26. The van der Waals surface area contributed by atoms with Gasteiger partial charge in [-0.1, -0.05) is 24.3 Å². The number of hydrogen-bond acceptors (Lipinski definition) is 9. The number of benzene rings is 2. The lowest BCUT2D eigenvalue weighted by Crippen LogP contribution is -2.40. The number of hydrogen-bond donors (Lipinski definition) is 1. The Labute approximate surface area is 238 Å². The van der Waals surface area contributed by atoms with Crippen molar-refractivity contribution in [3.63, 3.8) is 0 Å². The van der Waals surface area contributed by atoms with Gasteiger partial charge in [0.25, 0.3) is 11.8 Å². The van der Waals surface area contributed by atoms with Crippen LogP contribution in [0.3, 0.4) is 0 Å². The normalized spacial score (nSPS) is 14.0. The van der Waals surface area contributed by atoms with E-state index < -0.39 is 5.60 Å². The summed E-state index contributed by atoms with van der Waals surface area (Å²) in [4.78, 5) is 38.3. The zero-order valence-corrected chi connectivity index (χ0v) is 23.6. The summed E-state index contributed by atoms with van der Waals surface area (Å²) in [5.41, 5.74) is 9.39. The van der Waals surface area contributed by atoms with Crippen LogP contribution >= 0.6 is 0 Å². The van der Waals surface area contributed by atoms with Crippen molar-refractivity contribution in [3.05, 3.63) is 65.9 Å². The van der Waals surface area contributed by atoms with E-state index >= 15 is 0 Å². The van der Waals surface area contributed by atoms with Crippen molar-refractivity contribution in [1.82, 2.24) is 30.0 Å². The summed E-state index contributed by atoms with van der Waals surface area (Å²) in [5, 5.41) is 8.25. The molecule has 0 saturated carbocycles. The Bertz CT molecular complexity index is 1560. The van der Waals surface area contributed by atoms with Gasteiger partial charge in [0.2, 0.25) is 5.89 Å². The standard InChI is InChI=1S/C30H33N7O4/c1-19-17-21(28(38)36-13-8-14-37(16-15-36)29(39)41-30(2,3)4)11-12-22(19)23-18-32-25(31)24(33-23)27-35-34-26(40-27)20-9-6-5-7-10-20/h5-7,9-12,17-18H,8,13-16H2,1-4H3,(H2,31,32). The molecule has 2 aromatic heterocycles. The van der Waals surface area contributed by atoms with Crippen molar-refractivity contribution in [1.29, 1.82) is 0 Å². The second-order valence-corrected chi connectivity index (χ2v) is 10.9. The average molecular weight is 556 g/mol. The number of amides is 2. The third kappa shape index (κ3) is 6.34. The van der Waals surface area contributed by atoms with Gasteiger partial charge in [-0.15, -0.1) is 10.2 Å². The van der Waals surface area contributed by atoms with E-state index in [4.69, 9.17) is 14.9 Å². The van der Waals surface area contributed by atoms with Crippen LogP contribution in [0, 0.1) is 6.92 Å². The Morgan fingerprint density at radius 3 is 2.39 bits per heavy atom. The molecule has 5 rings (SSSR count). The van der Waals surface area contributed by atoms with E-state index in [0.717, 1.165) is 16.7 Å². The molecule has 0 radical (unpaired) electrons. The maximum absolute atomic E-state index is 13.4. The van der Waals surface area contributed by atoms with E-state index in [1.54, 1.807) is 22.1 Å². The molecule has 41 heavy (non-hydrogen) atoms. The van der Waals surface area contributed by atoms with Crippen LogP contribution in [-0.2, 0) is 4.74 Å². The molecule has 0 atom stereocenters. The third-order valence-corrected chi connectivity index (χ3v) is 6.63. The smallest absolute Gasteiger partial charge is 0.410 e. The van der Waals surface area contributed by atoms with Gasteiger partial charge in [-0.05, 0) is 63.9 Å². The van der Waals surface area contributed by atoms with E-state index in [2.05, 4.69) is 20.2 Å². The Hall–Kier alpha value is -4.80. The average Bonchev–Trinajstić information content (AvgIpc) is 3.30. The van der Waals surface area contributed by atoms with Gasteiger partial charge in [0, 0.05) is 42.9 Å². The molecule has 4 aromatic rings. The molecule has 0 spiro atoms. The molecular formula is C30H33N7O4. The summed E-state index contributed by atoms with van der Waals surface area (Å²) in [5.74, 6) is 0.604. The molecule has 2 N–H and O–H groups in total. The van der Waals surface area contributed by atoms with Crippen LogP contribution in [0.25, 0.3) is 34.3 Å². The summed E-state index contributed by atoms with van der Waals surface area (Å²) in [6.07, 6.45) is 1.90. The third-order valence-electron chi connectivity index (χ3n) is 6.63. The highest BCUT2D eigenvalue weighted by Crippen LogP contribution is 2.29. The van der Waals surface area contributed by atoms with Crippen molar-refractivity contribution >= 4 is 17.8 Å². The number of rotatable bonds is 4. The second kappa shape index (κ2) is 11.4. The van der Waals surface area contributed by atoms with Crippen molar-refractivity contribution < 1.29 is 18.7 Å². The Morgan fingerprint density at radius 2 is 1.66 bits per heavy atom. The van der Waals surface area contributed by atoms with Gasteiger partial charge in [-0.2, -0.15) is 0 Å². The summed E-state index contributed by atoms with van der Waals surface area (Å²) < 4.78 is 11.3. The molecule has 11 heteroatoms. The highest BCUT2D eigenvalue weighted by molar-refractivity contribution is 5.95. The van der Waals surface area contributed by atoms with Crippen molar-refractivity contribution in [3.8, 4) is 34.3 Å². The zero-order valence-electron chi connectivity index (χ0n) is 23.6. The number of nitrogen functional groups attached to an aromatic ring is 1. The summed E-state index contributed by atoms with van der Waals surface area (Å²) in [6.45, 7) is 9.39. The number of anilines is 1.